The minimum Gasteiger partial charge on any atom is -0.309 e. The Morgan fingerprint density at radius 1 is 1.24 bits per heavy atom. The molecule has 0 saturated heterocycles. The molecular formula is C17H27NO2S. The van der Waals surface area contributed by atoms with Crippen LogP contribution >= 0.6 is 0 Å². The summed E-state index contributed by atoms with van der Waals surface area (Å²) in [6.45, 7) is 6.93. The van der Waals surface area contributed by atoms with Crippen molar-refractivity contribution in [3.8, 4) is 0 Å². The van der Waals surface area contributed by atoms with Crippen LogP contribution < -0.4 is 5.32 Å². The third-order valence-corrected chi connectivity index (χ3v) is 6.75. The number of hydrogen-bond acceptors (Lipinski definition) is 3. The van der Waals surface area contributed by atoms with Gasteiger partial charge in [-0.15, -0.1) is 0 Å². The monoisotopic (exact) mass is 309 g/mol. The summed E-state index contributed by atoms with van der Waals surface area (Å²) in [7, 11) is -3.02. The van der Waals surface area contributed by atoms with Crippen LogP contribution in [0.25, 0.3) is 0 Å². The maximum atomic E-state index is 12.6. The average molecular weight is 309 g/mol. The fourth-order valence-corrected chi connectivity index (χ4v) is 5.42. The SMILES string of the molecule is CCNC(CS(=O)(=O)C1CCCC1)c1ccc(C)cc1C. The number of nitrogens with one attached hydrogen (secondary N) is 1. The molecule has 1 aromatic carbocycles. The zero-order chi connectivity index (χ0) is 15.5. The lowest BCUT2D eigenvalue weighted by Gasteiger charge is -2.22. The van der Waals surface area contributed by atoms with Gasteiger partial charge in [-0.25, -0.2) is 8.42 Å². The summed E-state index contributed by atoms with van der Waals surface area (Å²) >= 11 is 0. The molecule has 0 radical (unpaired) electrons. The van der Waals surface area contributed by atoms with Gasteiger partial charge in [0.2, 0.25) is 0 Å². The number of hydrogen-bond donors (Lipinski definition) is 1. The third-order valence-electron chi connectivity index (χ3n) is 4.46. The van der Waals surface area contributed by atoms with Gasteiger partial charge in [0.25, 0.3) is 0 Å². The Morgan fingerprint density at radius 3 is 2.48 bits per heavy atom. The van der Waals surface area contributed by atoms with Crippen molar-refractivity contribution < 1.29 is 8.42 Å². The van der Waals surface area contributed by atoms with Crippen LogP contribution in [0.4, 0.5) is 0 Å². The molecule has 1 saturated carbocycles. The zero-order valence-electron chi connectivity index (χ0n) is 13.4. The summed E-state index contributed by atoms with van der Waals surface area (Å²) in [6, 6.07) is 6.17. The van der Waals surface area contributed by atoms with Gasteiger partial charge in [-0.05, 0) is 44.4 Å². The summed E-state index contributed by atoms with van der Waals surface area (Å²) in [6.07, 6.45) is 3.79. The smallest absolute Gasteiger partial charge is 0.155 e. The number of rotatable bonds is 6. The quantitative estimate of drug-likeness (QED) is 0.877. The summed E-state index contributed by atoms with van der Waals surface area (Å²) in [5.41, 5.74) is 3.50. The molecule has 2 rings (SSSR count). The molecule has 1 N–H and O–H groups in total. The van der Waals surface area contributed by atoms with Crippen LogP contribution in [0.3, 0.4) is 0 Å². The molecule has 1 fully saturated rings. The fourth-order valence-electron chi connectivity index (χ4n) is 3.34. The highest BCUT2D eigenvalue weighted by molar-refractivity contribution is 7.92. The summed E-state index contributed by atoms with van der Waals surface area (Å²) in [5.74, 6) is 0.218. The van der Waals surface area contributed by atoms with Crippen LogP contribution in [0, 0.1) is 13.8 Å². The molecule has 21 heavy (non-hydrogen) atoms. The number of benzene rings is 1. The van der Waals surface area contributed by atoms with Gasteiger partial charge in [-0.2, -0.15) is 0 Å². The molecule has 118 valence electrons. The second-order valence-electron chi connectivity index (χ2n) is 6.21. The van der Waals surface area contributed by atoms with Crippen LogP contribution in [0.2, 0.25) is 0 Å². The van der Waals surface area contributed by atoms with E-state index in [0.29, 0.717) is 0 Å². The van der Waals surface area contributed by atoms with Crippen LogP contribution in [-0.2, 0) is 9.84 Å². The van der Waals surface area contributed by atoms with Crippen LogP contribution in [0.5, 0.6) is 0 Å². The Balaban J connectivity index is 2.22. The van der Waals surface area contributed by atoms with E-state index in [1.165, 1.54) is 11.1 Å². The first-order valence-electron chi connectivity index (χ1n) is 7.96. The fraction of sp³-hybridized carbons (Fsp3) is 0.647. The van der Waals surface area contributed by atoms with Gasteiger partial charge in [-0.1, -0.05) is 43.5 Å². The summed E-state index contributed by atoms with van der Waals surface area (Å²) < 4.78 is 25.3. The lowest BCUT2D eigenvalue weighted by molar-refractivity contribution is 0.547. The minimum absolute atomic E-state index is 0.0961. The molecule has 0 aliphatic heterocycles. The van der Waals surface area contributed by atoms with Crippen molar-refractivity contribution in [3.05, 3.63) is 34.9 Å². The van der Waals surface area contributed by atoms with E-state index in [0.717, 1.165) is 37.8 Å². The van der Waals surface area contributed by atoms with Crippen molar-refractivity contribution in [2.24, 2.45) is 0 Å². The Labute approximate surface area is 129 Å². The van der Waals surface area contributed by atoms with Gasteiger partial charge in [0, 0.05) is 6.04 Å². The minimum atomic E-state index is -3.02. The average Bonchev–Trinajstić information content (AvgIpc) is 2.92. The van der Waals surface area contributed by atoms with E-state index in [1.54, 1.807) is 0 Å². The molecule has 1 aromatic rings. The van der Waals surface area contributed by atoms with Gasteiger partial charge in [-0.3, -0.25) is 0 Å². The van der Waals surface area contributed by atoms with E-state index < -0.39 is 9.84 Å². The molecule has 3 nitrogen and oxygen atoms in total. The molecule has 0 amide bonds. The molecule has 0 spiro atoms. The number of aryl methyl sites for hydroxylation is 2. The van der Waals surface area contributed by atoms with E-state index in [9.17, 15) is 8.42 Å². The summed E-state index contributed by atoms with van der Waals surface area (Å²) in [5, 5.41) is 3.24. The van der Waals surface area contributed by atoms with E-state index >= 15 is 0 Å². The molecule has 1 atom stereocenters. The van der Waals surface area contributed by atoms with Gasteiger partial charge >= 0.3 is 0 Å². The first-order valence-corrected chi connectivity index (χ1v) is 9.67. The molecule has 0 heterocycles. The van der Waals surface area contributed by atoms with Crippen molar-refractivity contribution >= 4 is 9.84 Å². The molecular weight excluding hydrogens is 282 g/mol. The first-order chi connectivity index (χ1) is 9.94. The Kier molecular flexibility index (Phi) is 5.44. The molecule has 1 aliphatic carbocycles. The van der Waals surface area contributed by atoms with Crippen molar-refractivity contribution in [3.63, 3.8) is 0 Å². The second kappa shape index (κ2) is 6.93. The molecule has 1 aliphatic rings. The predicted octanol–water partition coefficient (Wildman–Crippen LogP) is 3.31. The maximum absolute atomic E-state index is 12.6. The van der Waals surface area contributed by atoms with Crippen molar-refractivity contribution in [2.45, 2.75) is 57.7 Å². The molecule has 0 aromatic heterocycles. The predicted molar refractivity (Wildman–Crippen MR) is 88.4 cm³/mol. The van der Waals surface area contributed by atoms with E-state index in [1.807, 2.05) is 6.92 Å². The highest BCUT2D eigenvalue weighted by Gasteiger charge is 2.31. The lowest BCUT2D eigenvalue weighted by atomic mass is 10.0. The second-order valence-corrected chi connectivity index (χ2v) is 8.53. The molecule has 1 unspecified atom stereocenters. The molecule has 0 bridgehead atoms. The first kappa shape index (κ1) is 16.5. The van der Waals surface area contributed by atoms with Crippen LogP contribution in [0.15, 0.2) is 18.2 Å². The van der Waals surface area contributed by atoms with E-state index in [-0.39, 0.29) is 17.0 Å². The van der Waals surface area contributed by atoms with E-state index in [2.05, 4.69) is 37.4 Å². The van der Waals surface area contributed by atoms with Gasteiger partial charge in [0.05, 0.1) is 11.0 Å². The van der Waals surface area contributed by atoms with Gasteiger partial charge in [0.1, 0.15) is 0 Å². The highest BCUT2D eigenvalue weighted by atomic mass is 32.2. The maximum Gasteiger partial charge on any atom is 0.155 e. The normalized spacial score (nSPS) is 18.0. The Hall–Kier alpha value is -0.870. The Bertz CT molecular complexity index is 574. The Morgan fingerprint density at radius 2 is 1.90 bits per heavy atom. The standard InChI is InChI=1S/C17H27NO2S/c1-4-18-17(16-10-9-13(2)11-14(16)3)12-21(19,20)15-7-5-6-8-15/h9-11,15,17-18H,4-8,12H2,1-3H3. The lowest BCUT2D eigenvalue weighted by Crippen LogP contribution is -2.32. The molecule has 4 heteroatoms. The van der Waals surface area contributed by atoms with Crippen LogP contribution in [-0.4, -0.2) is 26.0 Å². The zero-order valence-corrected chi connectivity index (χ0v) is 14.2. The van der Waals surface area contributed by atoms with Gasteiger partial charge in [0.15, 0.2) is 9.84 Å². The largest absolute Gasteiger partial charge is 0.309 e. The van der Waals surface area contributed by atoms with Crippen molar-refractivity contribution in [1.29, 1.82) is 0 Å². The van der Waals surface area contributed by atoms with Gasteiger partial charge < -0.3 is 5.32 Å². The number of sulfone groups is 1. The highest BCUT2D eigenvalue weighted by Crippen LogP contribution is 2.28. The van der Waals surface area contributed by atoms with E-state index in [4.69, 9.17) is 0 Å². The third kappa shape index (κ3) is 4.07. The van der Waals surface area contributed by atoms with Crippen molar-refractivity contribution in [2.75, 3.05) is 12.3 Å². The summed E-state index contributed by atoms with van der Waals surface area (Å²) in [4.78, 5) is 0. The van der Waals surface area contributed by atoms with Crippen LogP contribution in [0.1, 0.15) is 55.3 Å². The van der Waals surface area contributed by atoms with Crippen molar-refractivity contribution in [1.82, 2.24) is 5.32 Å². The topological polar surface area (TPSA) is 46.2 Å².